The van der Waals surface area contributed by atoms with Crippen molar-refractivity contribution < 1.29 is 23.5 Å². The summed E-state index contributed by atoms with van der Waals surface area (Å²) in [6, 6.07) is 10.3. The van der Waals surface area contributed by atoms with Gasteiger partial charge in [0, 0.05) is 18.5 Å². The van der Waals surface area contributed by atoms with Crippen molar-refractivity contribution in [1.82, 2.24) is 15.8 Å². The van der Waals surface area contributed by atoms with Gasteiger partial charge in [-0.3, -0.25) is 25.2 Å². The Hall–Kier alpha value is -3.29. The van der Waals surface area contributed by atoms with Gasteiger partial charge in [0.15, 0.2) is 0 Å². The van der Waals surface area contributed by atoms with Crippen LogP contribution in [0.25, 0.3) is 0 Å². The minimum atomic E-state index is -0.529. The molecule has 3 rings (SSSR count). The van der Waals surface area contributed by atoms with Crippen LogP contribution >= 0.6 is 0 Å². The Labute approximate surface area is 169 Å². The molecular weight excluding hydrogens is 374 g/mol. The Bertz CT molecular complexity index is 863. The van der Waals surface area contributed by atoms with Crippen LogP contribution < -0.4 is 15.6 Å². The predicted octanol–water partition coefficient (Wildman–Crippen LogP) is 2.12. The highest BCUT2D eigenvalue weighted by molar-refractivity contribution is 5.96. The van der Waals surface area contributed by atoms with E-state index in [1.54, 1.807) is 47.6 Å². The van der Waals surface area contributed by atoms with E-state index < -0.39 is 17.7 Å². The first-order valence-electron chi connectivity index (χ1n) is 9.55. The van der Waals surface area contributed by atoms with Crippen molar-refractivity contribution in [2.75, 3.05) is 13.2 Å². The van der Waals surface area contributed by atoms with Crippen LogP contribution in [0, 0.1) is 11.8 Å². The van der Waals surface area contributed by atoms with Crippen molar-refractivity contribution in [3.63, 3.8) is 0 Å². The van der Waals surface area contributed by atoms with Gasteiger partial charge >= 0.3 is 0 Å². The maximum absolute atomic E-state index is 12.4. The van der Waals surface area contributed by atoms with Crippen molar-refractivity contribution in [3.8, 4) is 5.75 Å². The summed E-state index contributed by atoms with van der Waals surface area (Å²) in [6.07, 6.45) is 1.64. The SMILES string of the molecule is CC(C)COc1cccc(C(=O)NNC(=O)C2CC(=O)N(Cc3ccco3)C2)c1. The second-order valence-electron chi connectivity index (χ2n) is 7.43. The Morgan fingerprint density at radius 3 is 2.79 bits per heavy atom. The minimum absolute atomic E-state index is 0.0982. The zero-order valence-corrected chi connectivity index (χ0v) is 16.5. The molecule has 2 aromatic rings. The molecule has 1 atom stereocenters. The van der Waals surface area contributed by atoms with E-state index >= 15 is 0 Å². The maximum atomic E-state index is 12.4. The largest absolute Gasteiger partial charge is 0.493 e. The molecule has 29 heavy (non-hydrogen) atoms. The van der Waals surface area contributed by atoms with Crippen LogP contribution in [0.1, 0.15) is 36.4 Å². The molecule has 1 saturated heterocycles. The average Bonchev–Trinajstić information content (AvgIpc) is 3.35. The number of hydrogen-bond acceptors (Lipinski definition) is 5. The summed E-state index contributed by atoms with van der Waals surface area (Å²) >= 11 is 0. The van der Waals surface area contributed by atoms with Gasteiger partial charge in [-0.2, -0.15) is 0 Å². The summed E-state index contributed by atoms with van der Waals surface area (Å²) < 4.78 is 10.9. The molecule has 0 saturated carbocycles. The molecule has 8 heteroatoms. The van der Waals surface area contributed by atoms with Gasteiger partial charge in [-0.05, 0) is 36.2 Å². The van der Waals surface area contributed by atoms with Gasteiger partial charge in [0.1, 0.15) is 11.5 Å². The molecule has 1 aromatic carbocycles. The molecule has 1 aliphatic heterocycles. The number of hydrogen-bond donors (Lipinski definition) is 2. The Kier molecular flexibility index (Phi) is 6.54. The first-order valence-corrected chi connectivity index (χ1v) is 9.55. The molecule has 2 heterocycles. The number of nitrogens with zero attached hydrogens (tertiary/aromatic N) is 1. The van der Waals surface area contributed by atoms with Gasteiger partial charge in [0.25, 0.3) is 5.91 Å². The number of carbonyl (C=O) groups is 3. The molecule has 3 amide bonds. The van der Waals surface area contributed by atoms with Crippen LogP contribution in [-0.4, -0.2) is 35.8 Å². The topological polar surface area (TPSA) is 101 Å². The molecule has 1 fully saturated rings. The van der Waals surface area contributed by atoms with Crippen molar-refractivity contribution in [2.45, 2.75) is 26.8 Å². The average molecular weight is 399 g/mol. The number of nitrogens with one attached hydrogen (secondary N) is 2. The van der Waals surface area contributed by atoms with Crippen molar-refractivity contribution in [2.24, 2.45) is 11.8 Å². The van der Waals surface area contributed by atoms with E-state index in [9.17, 15) is 14.4 Å². The first-order chi connectivity index (χ1) is 13.9. The van der Waals surface area contributed by atoms with Crippen LogP contribution in [0.15, 0.2) is 47.1 Å². The highest BCUT2D eigenvalue weighted by atomic mass is 16.5. The lowest BCUT2D eigenvalue weighted by atomic mass is 10.1. The lowest BCUT2D eigenvalue weighted by Crippen LogP contribution is -2.45. The maximum Gasteiger partial charge on any atom is 0.269 e. The Morgan fingerprint density at radius 1 is 1.24 bits per heavy atom. The number of benzene rings is 1. The second-order valence-corrected chi connectivity index (χ2v) is 7.43. The quantitative estimate of drug-likeness (QED) is 0.695. The van der Waals surface area contributed by atoms with Gasteiger partial charge in [-0.25, -0.2) is 0 Å². The van der Waals surface area contributed by atoms with Gasteiger partial charge in [-0.1, -0.05) is 19.9 Å². The summed E-state index contributed by atoms with van der Waals surface area (Å²) in [7, 11) is 0. The highest BCUT2D eigenvalue weighted by Gasteiger charge is 2.34. The van der Waals surface area contributed by atoms with Gasteiger partial charge < -0.3 is 14.1 Å². The molecular formula is C21H25N3O5. The van der Waals surface area contributed by atoms with Crippen LogP contribution in [0.2, 0.25) is 0 Å². The second kappa shape index (κ2) is 9.27. The van der Waals surface area contributed by atoms with Crippen LogP contribution in [-0.2, 0) is 16.1 Å². The number of carbonyl (C=O) groups excluding carboxylic acids is 3. The highest BCUT2D eigenvalue weighted by Crippen LogP contribution is 2.20. The molecule has 0 bridgehead atoms. The summed E-state index contributed by atoms with van der Waals surface area (Å²) in [5.74, 6) is 0.112. The molecule has 1 unspecified atom stereocenters. The third kappa shape index (κ3) is 5.60. The standard InChI is InChI=1S/C21H25N3O5/c1-14(2)13-29-17-6-3-5-15(9-17)20(26)22-23-21(27)16-10-19(25)24(11-16)12-18-7-4-8-28-18/h3-9,14,16H,10-13H2,1-2H3,(H,22,26)(H,23,27). The zero-order valence-electron chi connectivity index (χ0n) is 16.5. The number of furan rings is 1. The van der Waals surface area contributed by atoms with Gasteiger partial charge in [-0.15, -0.1) is 0 Å². The fraction of sp³-hybridized carbons (Fsp3) is 0.381. The summed E-state index contributed by atoms with van der Waals surface area (Å²) in [5, 5.41) is 0. The number of rotatable bonds is 7. The van der Waals surface area contributed by atoms with E-state index in [-0.39, 0.29) is 18.9 Å². The normalized spacial score (nSPS) is 16.2. The van der Waals surface area contributed by atoms with Crippen LogP contribution in [0.4, 0.5) is 0 Å². The smallest absolute Gasteiger partial charge is 0.269 e. The molecule has 154 valence electrons. The van der Waals surface area contributed by atoms with E-state index in [0.717, 1.165) is 0 Å². The zero-order chi connectivity index (χ0) is 20.8. The van der Waals surface area contributed by atoms with E-state index in [1.807, 2.05) is 13.8 Å². The Morgan fingerprint density at radius 2 is 2.07 bits per heavy atom. The third-order valence-corrected chi connectivity index (χ3v) is 4.49. The Balaban J connectivity index is 1.49. The molecule has 0 spiro atoms. The fourth-order valence-electron chi connectivity index (χ4n) is 2.97. The monoisotopic (exact) mass is 399 g/mol. The van der Waals surface area contributed by atoms with Crippen LogP contribution in [0.3, 0.4) is 0 Å². The number of hydrazine groups is 1. The van der Waals surface area contributed by atoms with Crippen molar-refractivity contribution in [1.29, 1.82) is 0 Å². The number of likely N-dealkylation sites (tertiary alicyclic amines) is 1. The van der Waals surface area contributed by atoms with Crippen molar-refractivity contribution in [3.05, 3.63) is 54.0 Å². The third-order valence-electron chi connectivity index (χ3n) is 4.49. The molecule has 2 N–H and O–H groups in total. The van der Waals surface area contributed by atoms with Gasteiger partial charge in [0.2, 0.25) is 11.8 Å². The number of ether oxygens (including phenoxy) is 1. The summed E-state index contributed by atoms with van der Waals surface area (Å²) in [4.78, 5) is 38.4. The molecule has 0 aliphatic carbocycles. The predicted molar refractivity (Wildman–Crippen MR) is 105 cm³/mol. The first kappa shape index (κ1) is 20.4. The van der Waals surface area contributed by atoms with Crippen LogP contribution in [0.5, 0.6) is 5.75 Å². The molecule has 0 radical (unpaired) electrons. The minimum Gasteiger partial charge on any atom is -0.493 e. The van der Waals surface area contributed by atoms with Crippen molar-refractivity contribution >= 4 is 17.7 Å². The lowest BCUT2D eigenvalue weighted by molar-refractivity contribution is -0.129. The molecule has 8 nitrogen and oxygen atoms in total. The van der Waals surface area contributed by atoms with E-state index in [4.69, 9.17) is 9.15 Å². The molecule has 1 aliphatic rings. The van der Waals surface area contributed by atoms with E-state index in [1.165, 1.54) is 0 Å². The van der Waals surface area contributed by atoms with Gasteiger partial charge in [0.05, 0.1) is 25.3 Å². The summed E-state index contributed by atoms with van der Waals surface area (Å²) in [6.45, 7) is 5.22. The van der Waals surface area contributed by atoms with E-state index in [0.29, 0.717) is 36.1 Å². The lowest BCUT2D eigenvalue weighted by Gasteiger charge is -2.15. The van der Waals surface area contributed by atoms with E-state index in [2.05, 4.69) is 10.9 Å². The summed E-state index contributed by atoms with van der Waals surface area (Å²) in [5.41, 5.74) is 5.18. The molecule has 1 aromatic heterocycles. The number of amides is 3. The fourth-order valence-corrected chi connectivity index (χ4v) is 2.97.